The molecule has 0 radical (unpaired) electrons. The van der Waals surface area contributed by atoms with Crippen molar-refractivity contribution in [2.75, 3.05) is 13.1 Å². The van der Waals surface area contributed by atoms with Gasteiger partial charge < -0.3 is 24.3 Å². The molecule has 4 aromatic rings. The van der Waals surface area contributed by atoms with Crippen molar-refractivity contribution in [2.45, 2.75) is 64.3 Å². The van der Waals surface area contributed by atoms with Crippen molar-refractivity contribution >= 4 is 23.3 Å². The molecule has 2 aromatic carbocycles. The molecule has 2 aliphatic rings. The number of hydrogen-bond donors (Lipinski definition) is 1. The van der Waals surface area contributed by atoms with E-state index < -0.39 is 40.2 Å². The first-order valence-electron chi connectivity index (χ1n) is 14.9. The highest BCUT2D eigenvalue weighted by atomic mass is 32.1. The minimum absolute atomic E-state index is 0.0566. The number of amides is 2. The van der Waals surface area contributed by atoms with Crippen LogP contribution in [0.5, 0.6) is 5.75 Å². The first-order chi connectivity index (χ1) is 21.9. The van der Waals surface area contributed by atoms with Crippen LogP contribution in [0, 0.1) is 11.6 Å². The molecule has 0 unspecified atom stereocenters. The summed E-state index contributed by atoms with van der Waals surface area (Å²) in [4.78, 5) is 42.0. The second kappa shape index (κ2) is 12.3. The van der Waals surface area contributed by atoms with E-state index >= 15 is 0 Å². The molecule has 0 saturated carbocycles. The van der Waals surface area contributed by atoms with Gasteiger partial charge in [0, 0.05) is 38.3 Å². The lowest BCUT2D eigenvalue weighted by Gasteiger charge is -2.45. The number of nitrogens with one attached hydrogen (secondary N) is 1. The third-order valence-electron chi connectivity index (χ3n) is 7.96. The first kappa shape index (κ1) is 31.3. The van der Waals surface area contributed by atoms with E-state index in [9.17, 15) is 23.2 Å². The number of likely N-dealkylation sites (tertiary alicyclic amines) is 1. The van der Waals surface area contributed by atoms with E-state index in [4.69, 9.17) is 9.47 Å². The van der Waals surface area contributed by atoms with Crippen molar-refractivity contribution in [3.05, 3.63) is 98.4 Å². The van der Waals surface area contributed by atoms with Crippen LogP contribution in [0.25, 0.3) is 10.6 Å². The van der Waals surface area contributed by atoms with E-state index in [1.807, 2.05) is 51.1 Å². The van der Waals surface area contributed by atoms with Crippen molar-refractivity contribution in [1.82, 2.24) is 25.0 Å². The molecule has 0 atom stereocenters. The molecule has 6 rings (SSSR count). The Morgan fingerprint density at radius 2 is 1.80 bits per heavy atom. The van der Waals surface area contributed by atoms with Gasteiger partial charge in [-0.25, -0.2) is 13.6 Å². The summed E-state index contributed by atoms with van der Waals surface area (Å²) in [6.45, 7) is 6.59. The SMILES string of the molecule is CC(C)(C)OC(=O)N1CCC2(CC1)Cn1cc(-c3nnc(Cc4ccc(F)cc4F)s3)c(=O)c(OCc3ccccc3)c1C(=O)N2. The van der Waals surface area contributed by atoms with Crippen LogP contribution in [0.3, 0.4) is 0 Å². The number of rotatable bonds is 6. The van der Waals surface area contributed by atoms with Gasteiger partial charge in [0.2, 0.25) is 5.43 Å². The summed E-state index contributed by atoms with van der Waals surface area (Å²) in [5.74, 6) is -1.94. The quantitative estimate of drug-likeness (QED) is 0.300. The third-order valence-corrected chi connectivity index (χ3v) is 8.91. The van der Waals surface area contributed by atoms with E-state index in [1.165, 1.54) is 12.1 Å². The summed E-state index contributed by atoms with van der Waals surface area (Å²) in [7, 11) is 0. The number of carbonyl (C=O) groups is 2. The van der Waals surface area contributed by atoms with Gasteiger partial charge in [0.05, 0.1) is 11.1 Å². The predicted octanol–water partition coefficient (Wildman–Crippen LogP) is 5.33. The van der Waals surface area contributed by atoms with Gasteiger partial charge in [-0.05, 0) is 50.8 Å². The number of nitrogens with zero attached hydrogens (tertiary/aromatic N) is 4. The van der Waals surface area contributed by atoms with Crippen molar-refractivity contribution < 1.29 is 27.8 Å². The standard InChI is InChI=1S/C33H33F2N5O5S/c1-32(2,3)45-31(43)39-13-11-33(12-14-39)19-40-17-23(30-38-37-25(46-30)15-21-9-10-22(34)16-24(21)35)27(41)28(26(40)29(42)36-33)44-18-20-7-5-4-6-8-20/h4-10,16-17H,11-15,18-19H2,1-3H3,(H,36,42). The van der Waals surface area contributed by atoms with E-state index in [0.717, 1.165) is 23.0 Å². The van der Waals surface area contributed by atoms with Gasteiger partial charge in [-0.1, -0.05) is 47.7 Å². The van der Waals surface area contributed by atoms with Crippen molar-refractivity contribution in [1.29, 1.82) is 0 Å². The molecular weight excluding hydrogens is 616 g/mol. The fraction of sp³-hybridized carbons (Fsp3) is 0.364. The Labute approximate surface area is 268 Å². The zero-order chi connectivity index (χ0) is 32.6. The summed E-state index contributed by atoms with van der Waals surface area (Å²) in [5.41, 5.74) is -0.474. The highest BCUT2D eigenvalue weighted by Crippen LogP contribution is 2.34. The molecule has 1 fully saturated rings. The minimum atomic E-state index is -0.698. The van der Waals surface area contributed by atoms with Gasteiger partial charge in [-0.2, -0.15) is 0 Å². The third kappa shape index (κ3) is 6.64. The molecule has 2 aliphatic heterocycles. The molecule has 4 heterocycles. The number of fused-ring (bicyclic) bond motifs is 1. The zero-order valence-corrected chi connectivity index (χ0v) is 26.5. The first-order valence-corrected chi connectivity index (χ1v) is 15.7. The highest BCUT2D eigenvalue weighted by Gasteiger charge is 2.43. The molecule has 2 aromatic heterocycles. The predicted molar refractivity (Wildman–Crippen MR) is 167 cm³/mol. The Morgan fingerprint density at radius 3 is 2.50 bits per heavy atom. The molecule has 0 bridgehead atoms. The fourth-order valence-electron chi connectivity index (χ4n) is 5.67. The smallest absolute Gasteiger partial charge is 0.410 e. The van der Waals surface area contributed by atoms with Crippen LogP contribution in [0.15, 0.2) is 59.5 Å². The number of halogens is 2. The van der Waals surface area contributed by atoms with Crippen LogP contribution in [0.4, 0.5) is 13.6 Å². The average molecular weight is 650 g/mol. The average Bonchev–Trinajstić information content (AvgIpc) is 3.46. The fourth-order valence-corrected chi connectivity index (χ4v) is 6.54. The van der Waals surface area contributed by atoms with Crippen LogP contribution in [-0.2, 0) is 24.3 Å². The lowest BCUT2D eigenvalue weighted by atomic mass is 9.85. The topological polar surface area (TPSA) is 116 Å². The van der Waals surface area contributed by atoms with Crippen molar-refractivity contribution in [3.8, 4) is 16.3 Å². The van der Waals surface area contributed by atoms with Crippen LogP contribution >= 0.6 is 11.3 Å². The van der Waals surface area contributed by atoms with Crippen LogP contribution in [0.1, 0.15) is 60.2 Å². The summed E-state index contributed by atoms with van der Waals surface area (Å²) in [6.07, 6.45) is 2.21. The molecule has 1 saturated heterocycles. The lowest BCUT2D eigenvalue weighted by molar-refractivity contribution is 0.0127. The molecular formula is C33H33F2N5O5S. The van der Waals surface area contributed by atoms with Crippen molar-refractivity contribution in [3.63, 3.8) is 0 Å². The Balaban J connectivity index is 1.32. The van der Waals surface area contributed by atoms with Crippen LogP contribution in [0.2, 0.25) is 0 Å². The minimum Gasteiger partial charge on any atom is -0.483 e. The zero-order valence-electron chi connectivity index (χ0n) is 25.6. The number of piperidine rings is 1. The second-order valence-electron chi connectivity index (χ2n) is 12.6. The number of carbonyl (C=O) groups excluding carboxylic acids is 2. The number of hydrogen-bond acceptors (Lipinski definition) is 8. The molecule has 0 aliphatic carbocycles. The molecule has 240 valence electrons. The molecule has 13 heteroatoms. The summed E-state index contributed by atoms with van der Waals surface area (Å²) in [6, 6.07) is 12.6. The Morgan fingerprint density at radius 1 is 1.07 bits per heavy atom. The largest absolute Gasteiger partial charge is 0.483 e. The second-order valence-corrected chi connectivity index (χ2v) is 13.6. The Bertz CT molecular complexity index is 1850. The van der Waals surface area contributed by atoms with E-state index in [1.54, 1.807) is 15.7 Å². The van der Waals surface area contributed by atoms with Gasteiger partial charge in [0.25, 0.3) is 5.91 Å². The highest BCUT2D eigenvalue weighted by molar-refractivity contribution is 7.14. The molecule has 1 N–H and O–H groups in total. The maximum absolute atomic E-state index is 14.3. The number of benzene rings is 2. The van der Waals surface area contributed by atoms with Gasteiger partial charge in [-0.15, -0.1) is 10.2 Å². The van der Waals surface area contributed by atoms with E-state index in [2.05, 4.69) is 15.5 Å². The maximum atomic E-state index is 14.3. The number of pyridine rings is 1. The van der Waals surface area contributed by atoms with E-state index in [0.29, 0.717) is 37.5 Å². The lowest BCUT2D eigenvalue weighted by Crippen LogP contribution is -2.61. The van der Waals surface area contributed by atoms with Gasteiger partial charge in [0.1, 0.15) is 28.8 Å². The summed E-state index contributed by atoms with van der Waals surface area (Å²) in [5, 5.41) is 12.2. The monoisotopic (exact) mass is 649 g/mol. The van der Waals surface area contributed by atoms with Gasteiger partial charge in [0.15, 0.2) is 16.5 Å². The Kier molecular flexibility index (Phi) is 8.36. The molecule has 1 spiro atoms. The molecule has 46 heavy (non-hydrogen) atoms. The van der Waals surface area contributed by atoms with Crippen molar-refractivity contribution in [2.24, 2.45) is 0 Å². The molecule has 10 nitrogen and oxygen atoms in total. The van der Waals surface area contributed by atoms with Crippen LogP contribution < -0.4 is 15.5 Å². The normalized spacial score (nSPS) is 15.8. The number of ether oxygens (including phenoxy) is 2. The summed E-state index contributed by atoms with van der Waals surface area (Å²) < 4.78 is 41.1. The number of aromatic nitrogens is 3. The maximum Gasteiger partial charge on any atom is 0.410 e. The van der Waals surface area contributed by atoms with E-state index in [-0.39, 0.29) is 40.6 Å². The van der Waals surface area contributed by atoms with Gasteiger partial charge in [-0.3, -0.25) is 9.59 Å². The Hall–Kier alpha value is -4.65. The molecule has 2 amide bonds. The van der Waals surface area contributed by atoms with Gasteiger partial charge >= 0.3 is 6.09 Å². The summed E-state index contributed by atoms with van der Waals surface area (Å²) >= 11 is 1.11. The van der Waals surface area contributed by atoms with Crippen LogP contribution in [-0.4, -0.2) is 55.9 Å².